The lowest BCUT2D eigenvalue weighted by atomic mass is 10.1. The van der Waals surface area contributed by atoms with E-state index in [1.165, 1.54) is 18.6 Å². The number of anilines is 1. The Hall–Kier alpha value is -2.76. The molecule has 1 fully saturated rings. The highest BCUT2D eigenvalue weighted by molar-refractivity contribution is 6.08. The van der Waals surface area contributed by atoms with Crippen LogP contribution in [0.5, 0.6) is 0 Å². The van der Waals surface area contributed by atoms with Crippen LogP contribution in [0.4, 0.5) is 5.69 Å². The molecule has 6 heteroatoms. The Morgan fingerprint density at radius 2 is 1.96 bits per heavy atom. The van der Waals surface area contributed by atoms with Gasteiger partial charge in [0.1, 0.15) is 5.69 Å². The van der Waals surface area contributed by atoms with Crippen molar-refractivity contribution < 1.29 is 9.59 Å². The molecule has 0 saturated carbocycles. The van der Waals surface area contributed by atoms with Gasteiger partial charge in [-0.15, -0.1) is 0 Å². The average molecular weight is 310 g/mol. The Kier molecular flexibility index (Phi) is 4.32. The number of carbonyl (C=O) groups excluding carboxylic acids is 2. The van der Waals surface area contributed by atoms with Gasteiger partial charge in [0.25, 0.3) is 11.8 Å². The zero-order valence-corrected chi connectivity index (χ0v) is 13.0. The fourth-order valence-electron chi connectivity index (χ4n) is 2.70. The van der Waals surface area contributed by atoms with Gasteiger partial charge in [-0.2, -0.15) is 0 Å². The molecule has 0 aliphatic carbocycles. The summed E-state index contributed by atoms with van der Waals surface area (Å²) in [4.78, 5) is 34.7. The number of hydrogen-bond acceptors (Lipinski definition) is 4. The number of rotatable bonds is 3. The van der Waals surface area contributed by atoms with E-state index in [0.29, 0.717) is 11.3 Å². The molecule has 1 saturated heterocycles. The third-order valence-electron chi connectivity index (χ3n) is 3.93. The monoisotopic (exact) mass is 310 g/mol. The maximum atomic E-state index is 12.7. The molecular weight excluding hydrogens is 292 g/mol. The van der Waals surface area contributed by atoms with Gasteiger partial charge in [0.15, 0.2) is 0 Å². The SMILES string of the molecule is Cc1cccc(C(=O)N2CCCC2)c1NC(=O)c1cnccn1. The standard InChI is InChI=1S/C17H18N4O2/c1-12-5-4-6-13(17(23)21-9-2-3-10-21)15(12)20-16(22)14-11-18-7-8-19-14/h4-8,11H,2-3,9-10H2,1H3,(H,20,22). The number of para-hydroxylation sites is 1. The van der Waals surface area contributed by atoms with Crippen LogP contribution in [0.3, 0.4) is 0 Å². The van der Waals surface area contributed by atoms with Gasteiger partial charge in [-0.3, -0.25) is 14.6 Å². The largest absolute Gasteiger partial charge is 0.339 e. The van der Waals surface area contributed by atoms with Gasteiger partial charge >= 0.3 is 0 Å². The third kappa shape index (κ3) is 3.21. The number of nitrogens with zero attached hydrogens (tertiary/aromatic N) is 3. The van der Waals surface area contributed by atoms with Gasteiger partial charge < -0.3 is 10.2 Å². The van der Waals surface area contributed by atoms with Crippen molar-refractivity contribution in [3.63, 3.8) is 0 Å². The topological polar surface area (TPSA) is 75.2 Å². The summed E-state index contributed by atoms with van der Waals surface area (Å²) in [6.45, 7) is 3.40. The molecule has 2 aromatic rings. The van der Waals surface area contributed by atoms with Crippen molar-refractivity contribution >= 4 is 17.5 Å². The first-order chi connectivity index (χ1) is 11.2. The van der Waals surface area contributed by atoms with E-state index in [1.807, 2.05) is 24.0 Å². The lowest BCUT2D eigenvalue weighted by Gasteiger charge is -2.19. The number of likely N-dealkylation sites (tertiary alicyclic amines) is 1. The number of benzene rings is 1. The third-order valence-corrected chi connectivity index (χ3v) is 3.93. The molecule has 0 bridgehead atoms. The van der Waals surface area contributed by atoms with E-state index >= 15 is 0 Å². The summed E-state index contributed by atoms with van der Waals surface area (Å²) in [6, 6.07) is 5.45. The van der Waals surface area contributed by atoms with Crippen LogP contribution >= 0.6 is 0 Å². The van der Waals surface area contributed by atoms with E-state index in [9.17, 15) is 9.59 Å². The number of aryl methyl sites for hydroxylation is 1. The van der Waals surface area contributed by atoms with Crippen molar-refractivity contribution in [3.05, 3.63) is 53.6 Å². The first-order valence-corrected chi connectivity index (χ1v) is 7.63. The van der Waals surface area contributed by atoms with Crippen molar-refractivity contribution in [2.24, 2.45) is 0 Å². The van der Waals surface area contributed by atoms with Gasteiger partial charge in [-0.1, -0.05) is 12.1 Å². The minimum absolute atomic E-state index is 0.0411. The van der Waals surface area contributed by atoms with E-state index in [1.54, 1.807) is 6.07 Å². The highest BCUT2D eigenvalue weighted by Gasteiger charge is 2.23. The molecule has 1 N–H and O–H groups in total. The van der Waals surface area contributed by atoms with Crippen LogP contribution in [0, 0.1) is 6.92 Å². The molecular formula is C17H18N4O2. The normalized spacial score (nSPS) is 13.9. The minimum Gasteiger partial charge on any atom is -0.339 e. The number of aromatic nitrogens is 2. The van der Waals surface area contributed by atoms with Crippen LogP contribution in [-0.2, 0) is 0 Å². The van der Waals surface area contributed by atoms with E-state index in [2.05, 4.69) is 15.3 Å². The summed E-state index contributed by atoms with van der Waals surface area (Å²) >= 11 is 0. The zero-order chi connectivity index (χ0) is 16.2. The molecule has 0 unspecified atom stereocenters. The lowest BCUT2D eigenvalue weighted by molar-refractivity contribution is 0.0794. The Morgan fingerprint density at radius 1 is 1.17 bits per heavy atom. The second-order valence-corrected chi connectivity index (χ2v) is 5.54. The van der Waals surface area contributed by atoms with Crippen molar-refractivity contribution in [2.75, 3.05) is 18.4 Å². The second kappa shape index (κ2) is 6.56. The van der Waals surface area contributed by atoms with Crippen LogP contribution < -0.4 is 5.32 Å². The highest BCUT2D eigenvalue weighted by Crippen LogP contribution is 2.24. The molecule has 1 aromatic carbocycles. The fourth-order valence-corrected chi connectivity index (χ4v) is 2.70. The molecule has 6 nitrogen and oxygen atoms in total. The van der Waals surface area contributed by atoms with Gasteiger partial charge in [0, 0.05) is 25.5 Å². The Morgan fingerprint density at radius 3 is 2.65 bits per heavy atom. The second-order valence-electron chi connectivity index (χ2n) is 5.54. The number of amides is 2. The van der Waals surface area contributed by atoms with Gasteiger partial charge in [-0.25, -0.2) is 4.98 Å². The van der Waals surface area contributed by atoms with Crippen LogP contribution in [0.15, 0.2) is 36.8 Å². The fraction of sp³-hybridized carbons (Fsp3) is 0.294. The molecule has 2 heterocycles. The van der Waals surface area contributed by atoms with Gasteiger partial charge in [0.05, 0.1) is 17.4 Å². The molecule has 118 valence electrons. The van der Waals surface area contributed by atoms with Crippen LogP contribution in [0.1, 0.15) is 39.3 Å². The molecule has 0 spiro atoms. The highest BCUT2D eigenvalue weighted by atomic mass is 16.2. The molecule has 1 aromatic heterocycles. The summed E-state index contributed by atoms with van der Waals surface area (Å²) in [7, 11) is 0. The maximum Gasteiger partial charge on any atom is 0.275 e. The Bertz CT molecular complexity index is 725. The first-order valence-electron chi connectivity index (χ1n) is 7.63. The molecule has 2 amide bonds. The molecule has 1 aliphatic rings. The summed E-state index contributed by atoms with van der Waals surface area (Å²) in [6.07, 6.45) is 6.42. The summed E-state index contributed by atoms with van der Waals surface area (Å²) in [5, 5.41) is 2.81. The number of carbonyl (C=O) groups is 2. The van der Waals surface area contributed by atoms with E-state index < -0.39 is 0 Å². The molecule has 3 rings (SSSR count). The van der Waals surface area contributed by atoms with Crippen LogP contribution in [0.2, 0.25) is 0 Å². The van der Waals surface area contributed by atoms with Crippen molar-refractivity contribution in [3.8, 4) is 0 Å². The summed E-state index contributed by atoms with van der Waals surface area (Å²) in [5.41, 5.74) is 2.12. The predicted octanol–water partition coefficient (Wildman–Crippen LogP) is 2.27. The molecule has 0 radical (unpaired) electrons. The molecule has 1 aliphatic heterocycles. The predicted molar refractivity (Wildman–Crippen MR) is 86.3 cm³/mol. The first kappa shape index (κ1) is 15.1. The minimum atomic E-state index is -0.372. The summed E-state index contributed by atoms with van der Waals surface area (Å²) < 4.78 is 0. The van der Waals surface area contributed by atoms with Crippen molar-refractivity contribution in [1.82, 2.24) is 14.9 Å². The smallest absolute Gasteiger partial charge is 0.275 e. The van der Waals surface area contributed by atoms with E-state index in [4.69, 9.17) is 0 Å². The van der Waals surface area contributed by atoms with Crippen LogP contribution in [-0.4, -0.2) is 39.8 Å². The quantitative estimate of drug-likeness (QED) is 0.943. The Labute approximate surface area is 134 Å². The van der Waals surface area contributed by atoms with E-state index in [-0.39, 0.29) is 17.5 Å². The van der Waals surface area contributed by atoms with Crippen LogP contribution in [0.25, 0.3) is 0 Å². The van der Waals surface area contributed by atoms with Gasteiger partial charge in [0.2, 0.25) is 0 Å². The number of hydrogen-bond donors (Lipinski definition) is 1. The lowest BCUT2D eigenvalue weighted by Crippen LogP contribution is -2.29. The van der Waals surface area contributed by atoms with Crippen molar-refractivity contribution in [1.29, 1.82) is 0 Å². The van der Waals surface area contributed by atoms with Gasteiger partial charge in [-0.05, 0) is 31.4 Å². The average Bonchev–Trinajstić information content (AvgIpc) is 3.11. The Balaban J connectivity index is 1.89. The maximum absolute atomic E-state index is 12.7. The number of nitrogens with one attached hydrogen (secondary N) is 1. The van der Waals surface area contributed by atoms with Crippen molar-refractivity contribution in [2.45, 2.75) is 19.8 Å². The zero-order valence-electron chi connectivity index (χ0n) is 13.0. The molecule has 0 atom stereocenters. The molecule has 23 heavy (non-hydrogen) atoms. The summed E-state index contributed by atoms with van der Waals surface area (Å²) in [5.74, 6) is -0.413. The van der Waals surface area contributed by atoms with E-state index in [0.717, 1.165) is 31.5 Å².